The van der Waals surface area contributed by atoms with Gasteiger partial charge < -0.3 is 4.74 Å². The number of benzene rings is 2. The van der Waals surface area contributed by atoms with Crippen molar-refractivity contribution in [2.24, 2.45) is 0 Å². The fourth-order valence-electron chi connectivity index (χ4n) is 2.72. The van der Waals surface area contributed by atoms with Crippen molar-refractivity contribution in [3.8, 4) is 17.4 Å². The lowest BCUT2D eigenvalue weighted by Crippen LogP contribution is -2.11. The van der Waals surface area contributed by atoms with E-state index in [0.29, 0.717) is 5.69 Å². The molecule has 0 unspecified atom stereocenters. The number of carbonyl (C=O) groups excluding carboxylic acids is 1. The number of aromatic nitrogens is 5. The number of hydrogen-bond acceptors (Lipinski definition) is 5. The fraction of sp³-hybridized carbons (Fsp3) is 0.100. The van der Waals surface area contributed by atoms with Crippen molar-refractivity contribution in [1.29, 1.82) is 0 Å². The van der Waals surface area contributed by atoms with Crippen molar-refractivity contribution in [3.05, 3.63) is 82.9 Å². The fourth-order valence-corrected chi connectivity index (χ4v) is 3.07. The summed E-state index contributed by atoms with van der Waals surface area (Å²) in [6.45, 7) is 3.69. The largest absolute Gasteiger partial charge is 0.386 e. The molecule has 0 aliphatic carbocycles. The van der Waals surface area contributed by atoms with E-state index in [4.69, 9.17) is 16.3 Å². The molecule has 0 amide bonds. The van der Waals surface area contributed by atoms with Gasteiger partial charge in [0.2, 0.25) is 0 Å². The van der Waals surface area contributed by atoms with Crippen LogP contribution >= 0.6 is 11.6 Å². The number of esters is 1. The highest BCUT2D eigenvalue weighted by molar-refractivity contribution is 6.33. The molecule has 0 radical (unpaired) electrons. The first-order valence-corrected chi connectivity index (χ1v) is 8.92. The molecule has 0 spiro atoms. The predicted octanol–water partition coefficient (Wildman–Crippen LogP) is 3.94. The SMILES string of the molecule is Cc1ccc(-n2nc(C)c(C(=O)Oc3ncn(-c4ccccc4)n3)c2Cl)cc1. The minimum Gasteiger partial charge on any atom is -0.386 e. The monoisotopic (exact) mass is 393 g/mol. The van der Waals surface area contributed by atoms with Crippen LogP contribution in [0.25, 0.3) is 11.4 Å². The minimum absolute atomic E-state index is 0.0626. The lowest BCUT2D eigenvalue weighted by atomic mass is 10.2. The highest BCUT2D eigenvalue weighted by atomic mass is 35.5. The maximum absolute atomic E-state index is 12.7. The summed E-state index contributed by atoms with van der Waals surface area (Å²) in [5.74, 6) is -0.660. The first-order valence-electron chi connectivity index (χ1n) is 8.54. The first-order chi connectivity index (χ1) is 13.5. The lowest BCUT2D eigenvalue weighted by Gasteiger charge is -2.04. The molecule has 7 nitrogen and oxygen atoms in total. The van der Waals surface area contributed by atoms with E-state index in [1.165, 1.54) is 15.7 Å². The van der Waals surface area contributed by atoms with Gasteiger partial charge >= 0.3 is 12.0 Å². The minimum atomic E-state index is -0.660. The second kappa shape index (κ2) is 7.28. The summed E-state index contributed by atoms with van der Waals surface area (Å²) in [6.07, 6.45) is 1.47. The molecule has 0 saturated carbocycles. The van der Waals surface area contributed by atoms with Gasteiger partial charge in [-0.15, -0.1) is 5.10 Å². The quantitative estimate of drug-likeness (QED) is 0.491. The molecule has 2 aromatic carbocycles. The van der Waals surface area contributed by atoms with Gasteiger partial charge in [-0.2, -0.15) is 10.1 Å². The zero-order chi connectivity index (χ0) is 19.7. The van der Waals surface area contributed by atoms with Gasteiger partial charge in [-0.25, -0.2) is 14.2 Å². The lowest BCUT2D eigenvalue weighted by molar-refractivity contribution is 0.0719. The summed E-state index contributed by atoms with van der Waals surface area (Å²) in [6, 6.07) is 17.0. The average Bonchev–Trinajstić information content (AvgIpc) is 3.27. The van der Waals surface area contributed by atoms with Crippen LogP contribution in [-0.2, 0) is 0 Å². The highest BCUT2D eigenvalue weighted by Gasteiger charge is 2.24. The molecule has 28 heavy (non-hydrogen) atoms. The van der Waals surface area contributed by atoms with Crippen LogP contribution in [0.5, 0.6) is 6.01 Å². The molecule has 0 aliphatic rings. The Labute approximate surface area is 166 Å². The van der Waals surface area contributed by atoms with Crippen LogP contribution in [0, 0.1) is 13.8 Å². The van der Waals surface area contributed by atoms with Gasteiger partial charge in [0.05, 0.1) is 17.1 Å². The van der Waals surface area contributed by atoms with Crippen molar-refractivity contribution in [1.82, 2.24) is 24.5 Å². The van der Waals surface area contributed by atoms with Crippen LogP contribution in [-0.4, -0.2) is 30.5 Å². The Hall–Kier alpha value is -3.45. The van der Waals surface area contributed by atoms with E-state index < -0.39 is 5.97 Å². The second-order valence-electron chi connectivity index (χ2n) is 6.20. The molecule has 8 heteroatoms. The maximum atomic E-state index is 12.7. The zero-order valence-electron chi connectivity index (χ0n) is 15.2. The van der Waals surface area contributed by atoms with Crippen LogP contribution < -0.4 is 4.74 Å². The third-order valence-electron chi connectivity index (χ3n) is 4.16. The normalized spacial score (nSPS) is 10.8. The average molecular weight is 394 g/mol. The van der Waals surface area contributed by atoms with Crippen molar-refractivity contribution in [3.63, 3.8) is 0 Å². The van der Waals surface area contributed by atoms with Gasteiger partial charge in [0.15, 0.2) is 0 Å². The number of rotatable bonds is 4. The zero-order valence-corrected chi connectivity index (χ0v) is 16.0. The molecule has 140 valence electrons. The first kappa shape index (κ1) is 17.9. The van der Waals surface area contributed by atoms with E-state index >= 15 is 0 Å². The Morgan fingerprint density at radius 3 is 2.39 bits per heavy atom. The van der Waals surface area contributed by atoms with Crippen molar-refractivity contribution in [2.75, 3.05) is 0 Å². The number of ether oxygens (including phenoxy) is 1. The van der Waals surface area contributed by atoms with Gasteiger partial charge in [-0.05, 0) is 38.1 Å². The standard InChI is InChI=1S/C20H16ClN5O2/c1-13-8-10-16(11-9-13)26-18(21)17(14(2)23-26)19(27)28-20-22-12-25(24-20)15-6-4-3-5-7-15/h3-12H,1-2H3. The van der Waals surface area contributed by atoms with E-state index in [1.807, 2.05) is 61.5 Å². The molecule has 0 saturated heterocycles. The summed E-state index contributed by atoms with van der Waals surface area (Å²) in [5, 5.41) is 8.71. The molecule has 0 aliphatic heterocycles. The summed E-state index contributed by atoms with van der Waals surface area (Å²) < 4.78 is 8.34. The van der Waals surface area contributed by atoms with Gasteiger partial charge in [0.1, 0.15) is 17.0 Å². The smallest absolute Gasteiger partial charge is 0.351 e. The maximum Gasteiger partial charge on any atom is 0.351 e. The van der Waals surface area contributed by atoms with Crippen molar-refractivity contribution < 1.29 is 9.53 Å². The van der Waals surface area contributed by atoms with Gasteiger partial charge in [-0.3, -0.25) is 0 Å². The van der Waals surface area contributed by atoms with Crippen LogP contribution in [0.3, 0.4) is 0 Å². The molecule has 0 fully saturated rings. The number of carbonyl (C=O) groups is 1. The Bertz CT molecular complexity index is 1130. The molecule has 2 aromatic heterocycles. The number of halogens is 1. The van der Waals surface area contributed by atoms with Gasteiger partial charge in [-0.1, -0.05) is 47.5 Å². The summed E-state index contributed by atoms with van der Waals surface area (Å²) >= 11 is 6.42. The number of hydrogen-bond donors (Lipinski definition) is 0. The molecule has 0 N–H and O–H groups in total. The van der Waals surface area contributed by atoms with E-state index in [9.17, 15) is 4.79 Å². The Balaban J connectivity index is 1.59. The third kappa shape index (κ3) is 3.39. The van der Waals surface area contributed by atoms with E-state index in [2.05, 4.69) is 15.2 Å². The van der Waals surface area contributed by atoms with Crippen LogP contribution in [0.4, 0.5) is 0 Å². The van der Waals surface area contributed by atoms with Crippen LogP contribution in [0.2, 0.25) is 5.15 Å². The van der Waals surface area contributed by atoms with E-state index in [1.54, 1.807) is 6.92 Å². The van der Waals surface area contributed by atoms with Gasteiger partial charge in [0, 0.05) is 0 Å². The van der Waals surface area contributed by atoms with Crippen LogP contribution in [0.1, 0.15) is 21.6 Å². The van der Waals surface area contributed by atoms with E-state index in [0.717, 1.165) is 16.9 Å². The van der Waals surface area contributed by atoms with Gasteiger partial charge in [0.25, 0.3) is 0 Å². The third-order valence-corrected chi connectivity index (χ3v) is 4.51. The number of para-hydroxylation sites is 1. The Morgan fingerprint density at radius 2 is 1.68 bits per heavy atom. The molecule has 0 bridgehead atoms. The van der Waals surface area contributed by atoms with Crippen LogP contribution in [0.15, 0.2) is 60.9 Å². The predicted molar refractivity (Wildman–Crippen MR) is 104 cm³/mol. The summed E-state index contributed by atoms with van der Waals surface area (Å²) in [4.78, 5) is 16.7. The Kier molecular flexibility index (Phi) is 4.67. The molecular formula is C20H16ClN5O2. The molecule has 4 aromatic rings. The summed E-state index contributed by atoms with van der Waals surface area (Å²) in [5.41, 5.74) is 3.31. The van der Waals surface area contributed by atoms with Crippen molar-refractivity contribution >= 4 is 17.6 Å². The topological polar surface area (TPSA) is 74.8 Å². The molecular weight excluding hydrogens is 378 g/mol. The molecule has 0 atom stereocenters. The van der Waals surface area contributed by atoms with E-state index in [-0.39, 0.29) is 16.7 Å². The molecule has 2 heterocycles. The number of nitrogens with zero attached hydrogens (tertiary/aromatic N) is 5. The Morgan fingerprint density at radius 1 is 0.964 bits per heavy atom. The summed E-state index contributed by atoms with van der Waals surface area (Å²) in [7, 11) is 0. The second-order valence-corrected chi connectivity index (χ2v) is 6.55. The highest BCUT2D eigenvalue weighted by Crippen LogP contribution is 2.25. The number of aryl methyl sites for hydroxylation is 2. The van der Waals surface area contributed by atoms with Crippen molar-refractivity contribution in [2.45, 2.75) is 13.8 Å². The molecule has 4 rings (SSSR count).